The van der Waals surface area contributed by atoms with Gasteiger partial charge in [0.05, 0.1) is 11.0 Å². The minimum atomic E-state index is 0.805. The molecule has 0 bridgehead atoms. The van der Waals surface area contributed by atoms with Crippen molar-refractivity contribution < 1.29 is 4.74 Å². The van der Waals surface area contributed by atoms with E-state index in [1.54, 1.807) is 0 Å². The molecule has 1 aromatic heterocycles. The van der Waals surface area contributed by atoms with Crippen LogP contribution in [0.3, 0.4) is 0 Å². The van der Waals surface area contributed by atoms with Gasteiger partial charge in [-0.15, -0.1) is 0 Å². The van der Waals surface area contributed by atoms with E-state index in [-0.39, 0.29) is 0 Å². The molecule has 0 unspecified atom stereocenters. The van der Waals surface area contributed by atoms with Crippen molar-refractivity contribution in [3.8, 4) is 0 Å². The smallest absolute Gasteiger partial charge is 0.108 e. The number of hydrogen-bond donors (Lipinski definition) is 2. The number of hydrogen-bond acceptors (Lipinski definition) is 3. The van der Waals surface area contributed by atoms with Crippen molar-refractivity contribution in [1.29, 1.82) is 0 Å². The highest BCUT2D eigenvalue weighted by atomic mass is 16.5. The van der Waals surface area contributed by atoms with E-state index in [2.05, 4.69) is 21.4 Å². The largest absolute Gasteiger partial charge is 0.382 e. The molecule has 1 heterocycles. The second-order valence-electron chi connectivity index (χ2n) is 4.25. The van der Waals surface area contributed by atoms with Gasteiger partial charge in [0, 0.05) is 26.2 Å². The number of ether oxygens (including phenoxy) is 1. The van der Waals surface area contributed by atoms with Gasteiger partial charge in [0.2, 0.25) is 0 Å². The number of imidazole rings is 1. The molecule has 0 amide bonds. The molecule has 18 heavy (non-hydrogen) atoms. The van der Waals surface area contributed by atoms with Gasteiger partial charge in [-0.05, 0) is 32.0 Å². The summed E-state index contributed by atoms with van der Waals surface area (Å²) in [6.07, 6.45) is 2.00. The SMILES string of the molecule is CCOCCCNCCc1nc2ccccc2[nH]1. The van der Waals surface area contributed by atoms with E-state index in [1.165, 1.54) is 0 Å². The Bertz CT molecular complexity index is 434. The summed E-state index contributed by atoms with van der Waals surface area (Å²) in [6.45, 7) is 5.62. The van der Waals surface area contributed by atoms with E-state index in [0.717, 1.165) is 56.0 Å². The molecule has 4 nitrogen and oxygen atoms in total. The van der Waals surface area contributed by atoms with Crippen LogP contribution in [0, 0.1) is 0 Å². The van der Waals surface area contributed by atoms with E-state index in [0.29, 0.717) is 0 Å². The number of aromatic amines is 1. The topological polar surface area (TPSA) is 49.9 Å². The van der Waals surface area contributed by atoms with Crippen molar-refractivity contribution in [2.24, 2.45) is 0 Å². The summed E-state index contributed by atoms with van der Waals surface area (Å²) < 4.78 is 5.28. The Morgan fingerprint density at radius 1 is 1.28 bits per heavy atom. The Morgan fingerprint density at radius 2 is 2.17 bits per heavy atom. The first-order chi connectivity index (χ1) is 8.90. The minimum Gasteiger partial charge on any atom is -0.382 e. The predicted octanol–water partition coefficient (Wildman–Crippen LogP) is 2.12. The summed E-state index contributed by atoms with van der Waals surface area (Å²) in [6, 6.07) is 8.13. The summed E-state index contributed by atoms with van der Waals surface area (Å²) in [7, 11) is 0. The van der Waals surface area contributed by atoms with Gasteiger partial charge in [-0.25, -0.2) is 4.98 Å². The molecule has 98 valence electrons. The van der Waals surface area contributed by atoms with Crippen LogP contribution in [-0.4, -0.2) is 36.3 Å². The fraction of sp³-hybridized carbons (Fsp3) is 0.500. The number of H-pyrrole nitrogens is 1. The van der Waals surface area contributed by atoms with Crippen LogP contribution in [0.15, 0.2) is 24.3 Å². The molecule has 0 aliphatic carbocycles. The number of nitrogens with zero attached hydrogens (tertiary/aromatic N) is 1. The van der Waals surface area contributed by atoms with Crippen molar-refractivity contribution in [2.75, 3.05) is 26.3 Å². The zero-order valence-electron chi connectivity index (χ0n) is 10.9. The van der Waals surface area contributed by atoms with E-state index < -0.39 is 0 Å². The maximum absolute atomic E-state index is 5.28. The van der Waals surface area contributed by atoms with E-state index in [9.17, 15) is 0 Å². The molecule has 2 N–H and O–H groups in total. The average Bonchev–Trinajstić information content (AvgIpc) is 2.80. The van der Waals surface area contributed by atoms with Crippen molar-refractivity contribution in [3.63, 3.8) is 0 Å². The standard InChI is InChI=1S/C14H21N3O/c1-2-18-11-5-9-15-10-8-14-16-12-6-3-4-7-13(12)17-14/h3-4,6-7,15H,2,5,8-11H2,1H3,(H,16,17). The van der Waals surface area contributed by atoms with Gasteiger partial charge in [-0.1, -0.05) is 12.1 Å². The lowest BCUT2D eigenvalue weighted by Crippen LogP contribution is -2.20. The molecule has 0 radical (unpaired) electrons. The fourth-order valence-corrected chi connectivity index (χ4v) is 1.90. The van der Waals surface area contributed by atoms with Crippen LogP contribution in [0.1, 0.15) is 19.2 Å². The Hall–Kier alpha value is -1.39. The van der Waals surface area contributed by atoms with Gasteiger partial charge in [0.1, 0.15) is 5.82 Å². The van der Waals surface area contributed by atoms with Crippen LogP contribution in [0.5, 0.6) is 0 Å². The number of fused-ring (bicyclic) bond motifs is 1. The van der Waals surface area contributed by atoms with Crippen molar-refractivity contribution in [3.05, 3.63) is 30.1 Å². The number of rotatable bonds is 8. The van der Waals surface area contributed by atoms with Crippen molar-refractivity contribution in [2.45, 2.75) is 19.8 Å². The van der Waals surface area contributed by atoms with Crippen LogP contribution in [0.4, 0.5) is 0 Å². The Balaban J connectivity index is 1.67. The lowest BCUT2D eigenvalue weighted by Gasteiger charge is -2.03. The first kappa shape index (κ1) is 13.1. The quantitative estimate of drug-likeness (QED) is 0.703. The lowest BCUT2D eigenvalue weighted by atomic mass is 10.3. The van der Waals surface area contributed by atoms with Crippen LogP contribution in [-0.2, 0) is 11.2 Å². The molecule has 0 atom stereocenters. The van der Waals surface area contributed by atoms with Crippen molar-refractivity contribution in [1.82, 2.24) is 15.3 Å². The molecule has 0 spiro atoms. The molecular formula is C14H21N3O. The minimum absolute atomic E-state index is 0.805. The summed E-state index contributed by atoms with van der Waals surface area (Å²) in [5.41, 5.74) is 2.16. The zero-order chi connectivity index (χ0) is 12.6. The monoisotopic (exact) mass is 247 g/mol. The maximum Gasteiger partial charge on any atom is 0.108 e. The predicted molar refractivity (Wildman–Crippen MR) is 73.8 cm³/mol. The van der Waals surface area contributed by atoms with E-state index in [4.69, 9.17) is 4.74 Å². The second kappa shape index (κ2) is 7.13. The van der Waals surface area contributed by atoms with Gasteiger partial charge < -0.3 is 15.0 Å². The average molecular weight is 247 g/mol. The fourth-order valence-electron chi connectivity index (χ4n) is 1.90. The third-order valence-corrected chi connectivity index (χ3v) is 2.82. The summed E-state index contributed by atoms with van der Waals surface area (Å²) >= 11 is 0. The molecular weight excluding hydrogens is 226 g/mol. The zero-order valence-corrected chi connectivity index (χ0v) is 10.9. The van der Waals surface area contributed by atoms with Gasteiger partial charge in [-0.2, -0.15) is 0 Å². The molecule has 0 fully saturated rings. The third kappa shape index (κ3) is 3.82. The van der Waals surface area contributed by atoms with Crippen LogP contribution < -0.4 is 5.32 Å². The first-order valence-electron chi connectivity index (χ1n) is 6.62. The summed E-state index contributed by atoms with van der Waals surface area (Å²) in [5, 5.41) is 3.40. The van der Waals surface area contributed by atoms with Gasteiger partial charge in [0.15, 0.2) is 0 Å². The van der Waals surface area contributed by atoms with E-state index in [1.807, 2.05) is 25.1 Å². The second-order valence-corrected chi connectivity index (χ2v) is 4.25. The van der Waals surface area contributed by atoms with Crippen LogP contribution >= 0.6 is 0 Å². The molecule has 0 saturated heterocycles. The first-order valence-corrected chi connectivity index (χ1v) is 6.62. The normalized spacial score (nSPS) is 11.2. The highest BCUT2D eigenvalue weighted by Crippen LogP contribution is 2.10. The highest BCUT2D eigenvalue weighted by molar-refractivity contribution is 5.74. The Kier molecular flexibility index (Phi) is 5.17. The van der Waals surface area contributed by atoms with Gasteiger partial charge in [0.25, 0.3) is 0 Å². The molecule has 0 saturated carbocycles. The number of benzene rings is 1. The molecule has 2 rings (SSSR count). The molecule has 0 aliphatic rings. The Labute approximate surface area is 108 Å². The van der Waals surface area contributed by atoms with Gasteiger partial charge >= 0.3 is 0 Å². The number of aromatic nitrogens is 2. The summed E-state index contributed by atoms with van der Waals surface area (Å²) in [4.78, 5) is 7.87. The van der Waals surface area contributed by atoms with Gasteiger partial charge in [-0.3, -0.25) is 0 Å². The molecule has 2 aromatic rings. The van der Waals surface area contributed by atoms with Crippen LogP contribution in [0.2, 0.25) is 0 Å². The molecule has 4 heteroatoms. The maximum atomic E-state index is 5.28. The van der Waals surface area contributed by atoms with E-state index >= 15 is 0 Å². The van der Waals surface area contributed by atoms with Crippen molar-refractivity contribution >= 4 is 11.0 Å². The third-order valence-electron chi connectivity index (χ3n) is 2.82. The lowest BCUT2D eigenvalue weighted by molar-refractivity contribution is 0.145. The molecule has 1 aromatic carbocycles. The molecule has 0 aliphatic heterocycles. The number of para-hydroxylation sites is 2. The summed E-state index contributed by atoms with van der Waals surface area (Å²) in [5.74, 6) is 1.05. The number of nitrogens with one attached hydrogen (secondary N) is 2. The highest BCUT2D eigenvalue weighted by Gasteiger charge is 2.00. The van der Waals surface area contributed by atoms with Crippen LogP contribution in [0.25, 0.3) is 11.0 Å². The Morgan fingerprint density at radius 3 is 3.00 bits per heavy atom.